The first-order chi connectivity index (χ1) is 8.72. The van der Waals surface area contributed by atoms with Gasteiger partial charge in [0.25, 0.3) is 0 Å². The third-order valence-electron chi connectivity index (χ3n) is 2.78. The first-order valence-corrected chi connectivity index (χ1v) is 7.36. The minimum atomic E-state index is -0.494. The van der Waals surface area contributed by atoms with Gasteiger partial charge in [-0.1, -0.05) is 24.3 Å². The number of rotatable bonds is 5. The molecule has 1 heterocycles. The van der Waals surface area contributed by atoms with E-state index in [1.165, 1.54) is 0 Å². The summed E-state index contributed by atoms with van der Waals surface area (Å²) in [5.41, 5.74) is 1.99. The van der Waals surface area contributed by atoms with Crippen molar-refractivity contribution in [1.82, 2.24) is 0 Å². The largest absolute Gasteiger partial charge is 0.388 e. The average Bonchev–Trinajstić information content (AvgIpc) is 2.76. The summed E-state index contributed by atoms with van der Waals surface area (Å²) in [5, 5.41) is 12.4. The molecule has 1 atom stereocenters. The van der Waals surface area contributed by atoms with Gasteiger partial charge in [0.15, 0.2) is 0 Å². The molecular weight excluding hydrogens is 312 g/mol. The van der Waals surface area contributed by atoms with Crippen LogP contribution in [0.1, 0.15) is 22.1 Å². The SMILES string of the molecule is COCc1ccccc1C(O)Cc1sccc1Br. The van der Waals surface area contributed by atoms with Crippen LogP contribution in [-0.4, -0.2) is 12.2 Å². The quantitative estimate of drug-likeness (QED) is 0.901. The molecule has 0 amide bonds. The minimum Gasteiger partial charge on any atom is -0.388 e. The van der Waals surface area contributed by atoms with Crippen molar-refractivity contribution in [2.45, 2.75) is 19.1 Å². The Kier molecular flexibility index (Phi) is 4.95. The highest BCUT2D eigenvalue weighted by Crippen LogP contribution is 2.29. The van der Waals surface area contributed by atoms with Gasteiger partial charge in [0.05, 0.1) is 12.7 Å². The topological polar surface area (TPSA) is 29.5 Å². The van der Waals surface area contributed by atoms with E-state index in [2.05, 4.69) is 15.9 Å². The van der Waals surface area contributed by atoms with Gasteiger partial charge in [-0.15, -0.1) is 11.3 Å². The number of aliphatic hydroxyl groups excluding tert-OH is 1. The molecule has 2 nitrogen and oxygen atoms in total. The van der Waals surface area contributed by atoms with Gasteiger partial charge in [-0.05, 0) is 38.5 Å². The highest BCUT2D eigenvalue weighted by atomic mass is 79.9. The van der Waals surface area contributed by atoms with Crippen molar-refractivity contribution in [2.24, 2.45) is 0 Å². The summed E-state index contributed by atoms with van der Waals surface area (Å²) >= 11 is 5.14. The zero-order chi connectivity index (χ0) is 13.0. The number of benzene rings is 1. The zero-order valence-corrected chi connectivity index (χ0v) is 12.5. The van der Waals surface area contributed by atoms with Crippen LogP contribution < -0.4 is 0 Å². The molecule has 96 valence electrons. The molecule has 4 heteroatoms. The molecule has 1 aromatic heterocycles. The summed E-state index contributed by atoms with van der Waals surface area (Å²) in [4.78, 5) is 1.16. The van der Waals surface area contributed by atoms with Gasteiger partial charge in [0.2, 0.25) is 0 Å². The fraction of sp³-hybridized carbons (Fsp3) is 0.286. The van der Waals surface area contributed by atoms with Gasteiger partial charge in [0, 0.05) is 22.9 Å². The number of methoxy groups -OCH3 is 1. The summed E-state index contributed by atoms with van der Waals surface area (Å²) in [5.74, 6) is 0. The Morgan fingerprint density at radius 2 is 2.11 bits per heavy atom. The summed E-state index contributed by atoms with van der Waals surface area (Å²) in [7, 11) is 1.67. The van der Waals surface area contributed by atoms with Crippen LogP contribution in [0, 0.1) is 0 Å². The average molecular weight is 327 g/mol. The van der Waals surface area contributed by atoms with E-state index in [1.807, 2.05) is 35.7 Å². The smallest absolute Gasteiger partial charge is 0.0842 e. The molecule has 0 bridgehead atoms. The van der Waals surface area contributed by atoms with Crippen molar-refractivity contribution in [3.05, 3.63) is 56.2 Å². The standard InChI is InChI=1S/C14H15BrO2S/c1-17-9-10-4-2-3-5-11(10)13(16)8-14-12(15)6-7-18-14/h2-7,13,16H,8-9H2,1H3. The molecule has 0 saturated heterocycles. The maximum absolute atomic E-state index is 10.4. The maximum atomic E-state index is 10.4. The van der Waals surface area contributed by atoms with Crippen LogP contribution in [0.2, 0.25) is 0 Å². The Morgan fingerprint density at radius 1 is 1.33 bits per heavy atom. The van der Waals surface area contributed by atoms with Crippen LogP contribution in [0.25, 0.3) is 0 Å². The Morgan fingerprint density at radius 3 is 2.78 bits per heavy atom. The highest BCUT2D eigenvalue weighted by Gasteiger charge is 2.14. The molecule has 1 N–H and O–H groups in total. The van der Waals surface area contributed by atoms with E-state index in [4.69, 9.17) is 4.74 Å². The predicted molar refractivity (Wildman–Crippen MR) is 77.8 cm³/mol. The van der Waals surface area contributed by atoms with Crippen molar-refractivity contribution in [3.8, 4) is 0 Å². The fourth-order valence-corrected chi connectivity index (χ4v) is 3.46. The monoisotopic (exact) mass is 326 g/mol. The van der Waals surface area contributed by atoms with Gasteiger partial charge in [-0.3, -0.25) is 0 Å². The van der Waals surface area contributed by atoms with Gasteiger partial charge < -0.3 is 9.84 Å². The van der Waals surface area contributed by atoms with Gasteiger partial charge in [0.1, 0.15) is 0 Å². The summed E-state index contributed by atoms with van der Waals surface area (Å²) in [6.45, 7) is 0.527. The number of ether oxygens (including phenoxy) is 1. The van der Waals surface area contributed by atoms with Crippen molar-refractivity contribution in [1.29, 1.82) is 0 Å². The number of halogens is 1. The van der Waals surface area contributed by atoms with Crippen molar-refractivity contribution in [2.75, 3.05) is 7.11 Å². The molecule has 0 radical (unpaired) electrons. The fourth-order valence-electron chi connectivity index (χ4n) is 1.90. The van der Waals surface area contributed by atoms with Gasteiger partial charge in [-0.2, -0.15) is 0 Å². The molecule has 1 aromatic carbocycles. The lowest BCUT2D eigenvalue weighted by atomic mass is 10.00. The molecule has 0 aliphatic carbocycles. The molecule has 18 heavy (non-hydrogen) atoms. The van der Waals surface area contributed by atoms with E-state index in [-0.39, 0.29) is 0 Å². The molecule has 2 aromatic rings. The summed E-state index contributed by atoms with van der Waals surface area (Å²) in [6, 6.07) is 9.87. The lowest BCUT2D eigenvalue weighted by Crippen LogP contribution is -2.05. The van der Waals surface area contributed by atoms with Crippen molar-refractivity contribution >= 4 is 27.3 Å². The molecule has 0 spiro atoms. The van der Waals surface area contributed by atoms with Crippen LogP contribution in [0.5, 0.6) is 0 Å². The van der Waals surface area contributed by atoms with E-state index in [1.54, 1.807) is 18.4 Å². The van der Waals surface area contributed by atoms with E-state index < -0.39 is 6.10 Å². The first-order valence-electron chi connectivity index (χ1n) is 5.69. The third kappa shape index (κ3) is 3.20. The summed E-state index contributed by atoms with van der Waals surface area (Å²) < 4.78 is 6.23. The van der Waals surface area contributed by atoms with Crippen LogP contribution >= 0.6 is 27.3 Å². The zero-order valence-electron chi connectivity index (χ0n) is 10.1. The van der Waals surface area contributed by atoms with Gasteiger partial charge >= 0.3 is 0 Å². The minimum absolute atomic E-state index is 0.494. The van der Waals surface area contributed by atoms with Crippen molar-refractivity contribution < 1.29 is 9.84 Å². The molecule has 0 fully saturated rings. The Bertz CT molecular complexity index is 510. The second-order valence-corrected chi connectivity index (χ2v) is 5.90. The van der Waals surface area contributed by atoms with E-state index in [9.17, 15) is 5.11 Å². The predicted octanol–water partition coefficient (Wildman–Crippen LogP) is 3.93. The first kappa shape index (κ1) is 13.7. The Labute approximate surface area is 119 Å². The molecule has 1 unspecified atom stereocenters. The van der Waals surface area contributed by atoms with Crippen molar-refractivity contribution in [3.63, 3.8) is 0 Å². The van der Waals surface area contributed by atoms with Crippen LogP contribution in [0.15, 0.2) is 40.2 Å². The van der Waals surface area contributed by atoms with Crippen LogP contribution in [-0.2, 0) is 17.8 Å². The molecule has 0 saturated carbocycles. The normalized spacial score (nSPS) is 12.6. The van der Waals surface area contributed by atoms with E-state index in [0.29, 0.717) is 13.0 Å². The van der Waals surface area contributed by atoms with E-state index >= 15 is 0 Å². The molecule has 2 rings (SSSR count). The Balaban J connectivity index is 2.18. The third-order valence-corrected chi connectivity index (χ3v) is 4.73. The second kappa shape index (κ2) is 6.48. The number of hydrogen-bond donors (Lipinski definition) is 1. The maximum Gasteiger partial charge on any atom is 0.0842 e. The number of thiophene rings is 1. The second-order valence-electron chi connectivity index (χ2n) is 4.04. The number of hydrogen-bond acceptors (Lipinski definition) is 3. The Hall–Kier alpha value is -0.680. The molecular formula is C14H15BrO2S. The van der Waals surface area contributed by atoms with E-state index in [0.717, 1.165) is 20.5 Å². The molecule has 0 aliphatic heterocycles. The molecule has 0 aliphatic rings. The highest BCUT2D eigenvalue weighted by molar-refractivity contribution is 9.10. The summed E-state index contributed by atoms with van der Waals surface area (Å²) in [6.07, 6.45) is 0.130. The van der Waals surface area contributed by atoms with Crippen LogP contribution in [0.3, 0.4) is 0 Å². The number of aliphatic hydroxyl groups is 1. The van der Waals surface area contributed by atoms with Crippen LogP contribution in [0.4, 0.5) is 0 Å². The lowest BCUT2D eigenvalue weighted by Gasteiger charge is -2.14. The van der Waals surface area contributed by atoms with Gasteiger partial charge in [-0.25, -0.2) is 0 Å². The lowest BCUT2D eigenvalue weighted by molar-refractivity contribution is 0.162.